The van der Waals surface area contributed by atoms with Crippen molar-refractivity contribution in [2.75, 3.05) is 51.6 Å². The standard InChI is InChI=1S/C47H63BrO12/c1-5-53-44(49)36-31-41(37(45(50)54-6-2)30-40(36)57-27-21-14-10-9-13-20-26-48)58-28-22-15-11-12-16-23-29-59-42-32-39(47(52)56-8-4)43(33-38(42)46(51)55-7-3)60-34-35-24-18-17-19-25-35/h17-19,24-25,30-33H,5-16,20-23,26-29,34H2,1-4H3. The Morgan fingerprint density at radius 3 is 1.03 bits per heavy atom. The lowest BCUT2D eigenvalue weighted by molar-refractivity contribution is 0.0502. The number of rotatable bonds is 31. The van der Waals surface area contributed by atoms with Crippen LogP contribution in [0.1, 0.15) is 152 Å². The van der Waals surface area contributed by atoms with Crippen molar-refractivity contribution in [1.82, 2.24) is 0 Å². The van der Waals surface area contributed by atoms with Crippen molar-refractivity contribution in [2.24, 2.45) is 0 Å². The average Bonchev–Trinajstić information content (AvgIpc) is 3.25. The first-order valence-corrected chi connectivity index (χ1v) is 22.5. The highest BCUT2D eigenvalue weighted by molar-refractivity contribution is 9.09. The van der Waals surface area contributed by atoms with Crippen LogP contribution in [0.3, 0.4) is 0 Å². The third-order valence-electron chi connectivity index (χ3n) is 9.22. The molecule has 0 unspecified atom stereocenters. The maximum absolute atomic E-state index is 13.0. The molecule has 60 heavy (non-hydrogen) atoms. The predicted octanol–water partition coefficient (Wildman–Crippen LogP) is 10.9. The van der Waals surface area contributed by atoms with E-state index in [2.05, 4.69) is 15.9 Å². The molecule has 0 aliphatic carbocycles. The second-order valence-electron chi connectivity index (χ2n) is 13.8. The molecular formula is C47H63BrO12. The van der Waals surface area contributed by atoms with Gasteiger partial charge in [0, 0.05) is 5.33 Å². The Kier molecular flexibility index (Phi) is 24.3. The lowest BCUT2D eigenvalue weighted by Crippen LogP contribution is -2.14. The van der Waals surface area contributed by atoms with E-state index in [4.69, 9.17) is 37.9 Å². The number of esters is 4. The maximum Gasteiger partial charge on any atom is 0.342 e. The molecule has 3 aromatic rings. The van der Waals surface area contributed by atoms with E-state index in [1.54, 1.807) is 27.7 Å². The van der Waals surface area contributed by atoms with Crippen LogP contribution in [0.4, 0.5) is 0 Å². The first-order chi connectivity index (χ1) is 29.3. The van der Waals surface area contributed by atoms with Crippen LogP contribution in [0.25, 0.3) is 0 Å². The highest BCUT2D eigenvalue weighted by Crippen LogP contribution is 2.33. The van der Waals surface area contributed by atoms with Gasteiger partial charge in [0.2, 0.25) is 0 Å². The number of alkyl halides is 1. The number of carbonyl (C=O) groups excluding carboxylic acids is 4. The Labute approximate surface area is 364 Å². The van der Waals surface area contributed by atoms with Gasteiger partial charge in [-0.05, 0) is 83.2 Å². The molecule has 0 spiro atoms. The molecule has 0 saturated carbocycles. The van der Waals surface area contributed by atoms with Crippen LogP contribution < -0.4 is 18.9 Å². The van der Waals surface area contributed by atoms with Gasteiger partial charge in [-0.2, -0.15) is 0 Å². The van der Waals surface area contributed by atoms with Gasteiger partial charge in [0.05, 0.1) is 46.2 Å². The SMILES string of the molecule is CCOC(=O)c1cc(OCCCCCCCCOc2cc(C(=O)OCC)c(OCc3ccccc3)cc2C(=O)OCC)c(C(=O)OCC)cc1OCCCCCCCCBr. The van der Waals surface area contributed by atoms with Gasteiger partial charge in [-0.25, -0.2) is 19.2 Å². The molecule has 330 valence electrons. The molecule has 13 heteroatoms. The lowest BCUT2D eigenvalue weighted by atomic mass is 10.1. The molecular weight excluding hydrogens is 836 g/mol. The third-order valence-corrected chi connectivity index (χ3v) is 9.78. The van der Waals surface area contributed by atoms with Crippen molar-refractivity contribution in [3.05, 3.63) is 82.4 Å². The zero-order valence-corrected chi connectivity index (χ0v) is 37.4. The van der Waals surface area contributed by atoms with Gasteiger partial charge in [0.25, 0.3) is 0 Å². The van der Waals surface area contributed by atoms with Gasteiger partial charge in [-0.1, -0.05) is 97.6 Å². The monoisotopic (exact) mass is 898 g/mol. The molecule has 0 radical (unpaired) electrons. The van der Waals surface area contributed by atoms with Gasteiger partial charge in [0.15, 0.2) is 0 Å². The zero-order valence-electron chi connectivity index (χ0n) is 35.8. The molecule has 0 heterocycles. The van der Waals surface area contributed by atoms with Crippen molar-refractivity contribution < 1.29 is 57.1 Å². The molecule has 0 aliphatic heterocycles. The Morgan fingerprint density at radius 2 is 0.717 bits per heavy atom. The molecule has 12 nitrogen and oxygen atoms in total. The van der Waals surface area contributed by atoms with Gasteiger partial charge < -0.3 is 37.9 Å². The summed E-state index contributed by atoms with van der Waals surface area (Å²) in [6.45, 7) is 8.87. The van der Waals surface area contributed by atoms with Crippen molar-refractivity contribution in [2.45, 2.75) is 111 Å². The molecule has 3 aromatic carbocycles. The van der Waals surface area contributed by atoms with Crippen LogP contribution >= 0.6 is 15.9 Å². The van der Waals surface area contributed by atoms with E-state index in [0.717, 1.165) is 68.7 Å². The average molecular weight is 900 g/mol. The minimum atomic E-state index is -0.583. The molecule has 3 rings (SSSR count). The summed E-state index contributed by atoms with van der Waals surface area (Å²) in [7, 11) is 0. The smallest absolute Gasteiger partial charge is 0.342 e. The summed E-state index contributed by atoms with van der Waals surface area (Å²) in [5.41, 5.74) is 1.63. The van der Waals surface area contributed by atoms with Crippen LogP contribution in [0.15, 0.2) is 54.6 Å². The molecule has 0 aromatic heterocycles. The molecule has 0 saturated heterocycles. The third kappa shape index (κ3) is 17.4. The van der Waals surface area contributed by atoms with E-state index >= 15 is 0 Å². The Bertz CT molecular complexity index is 1750. The van der Waals surface area contributed by atoms with Gasteiger partial charge in [0.1, 0.15) is 51.9 Å². The van der Waals surface area contributed by atoms with Gasteiger partial charge in [-0.3, -0.25) is 0 Å². The Balaban J connectivity index is 1.55. The summed E-state index contributed by atoms with van der Waals surface area (Å²) >= 11 is 3.47. The van der Waals surface area contributed by atoms with Crippen LogP contribution in [0.5, 0.6) is 23.0 Å². The number of benzene rings is 3. The van der Waals surface area contributed by atoms with Gasteiger partial charge >= 0.3 is 23.9 Å². The maximum atomic E-state index is 13.0. The number of hydrogen-bond acceptors (Lipinski definition) is 12. The zero-order chi connectivity index (χ0) is 43.4. The van der Waals surface area contributed by atoms with Crippen molar-refractivity contribution >= 4 is 39.8 Å². The van der Waals surface area contributed by atoms with E-state index in [0.29, 0.717) is 26.2 Å². The number of halogens is 1. The first kappa shape index (κ1) is 49.6. The van der Waals surface area contributed by atoms with E-state index in [9.17, 15) is 19.2 Å². The molecule has 0 amide bonds. The number of carbonyl (C=O) groups is 4. The molecule has 0 bridgehead atoms. The summed E-state index contributed by atoms with van der Waals surface area (Å²) in [5.74, 6) is -1.32. The fourth-order valence-corrected chi connectivity index (χ4v) is 6.56. The largest absolute Gasteiger partial charge is 0.493 e. The fraction of sp³-hybridized carbons (Fsp3) is 0.532. The Morgan fingerprint density at radius 1 is 0.417 bits per heavy atom. The Hall–Kier alpha value is -4.78. The second kappa shape index (κ2) is 29.4. The summed E-state index contributed by atoms with van der Waals surface area (Å²) < 4.78 is 45.4. The van der Waals surface area contributed by atoms with Crippen LogP contribution in [-0.2, 0) is 25.6 Å². The highest BCUT2D eigenvalue weighted by Gasteiger charge is 2.25. The van der Waals surface area contributed by atoms with Crippen molar-refractivity contribution in [3.8, 4) is 23.0 Å². The van der Waals surface area contributed by atoms with E-state index in [1.807, 2.05) is 30.3 Å². The normalized spacial score (nSPS) is 10.8. The van der Waals surface area contributed by atoms with Crippen molar-refractivity contribution in [1.29, 1.82) is 0 Å². The summed E-state index contributed by atoms with van der Waals surface area (Å²) in [6, 6.07) is 15.5. The minimum absolute atomic E-state index is 0.159. The van der Waals surface area contributed by atoms with E-state index in [1.165, 1.54) is 37.1 Å². The summed E-state index contributed by atoms with van der Waals surface area (Å²) in [5, 5.41) is 1.02. The van der Waals surface area contributed by atoms with E-state index < -0.39 is 23.9 Å². The van der Waals surface area contributed by atoms with Crippen LogP contribution in [0.2, 0.25) is 0 Å². The molecule has 0 fully saturated rings. The minimum Gasteiger partial charge on any atom is -0.493 e. The van der Waals surface area contributed by atoms with Crippen LogP contribution in [-0.4, -0.2) is 75.5 Å². The topological polar surface area (TPSA) is 142 Å². The fourth-order valence-electron chi connectivity index (χ4n) is 6.17. The second-order valence-corrected chi connectivity index (χ2v) is 14.6. The van der Waals surface area contributed by atoms with E-state index in [-0.39, 0.29) is 78.3 Å². The number of unbranched alkanes of at least 4 members (excludes halogenated alkanes) is 10. The molecule has 0 N–H and O–H groups in total. The number of ether oxygens (including phenoxy) is 8. The lowest BCUT2D eigenvalue weighted by Gasteiger charge is -2.17. The first-order valence-electron chi connectivity index (χ1n) is 21.4. The summed E-state index contributed by atoms with van der Waals surface area (Å²) in [6.07, 6.45) is 11.5. The molecule has 0 atom stereocenters. The highest BCUT2D eigenvalue weighted by atomic mass is 79.9. The summed E-state index contributed by atoms with van der Waals surface area (Å²) in [4.78, 5) is 51.9. The van der Waals surface area contributed by atoms with Crippen molar-refractivity contribution in [3.63, 3.8) is 0 Å². The van der Waals surface area contributed by atoms with Crippen LogP contribution in [0, 0.1) is 0 Å². The quantitative estimate of drug-likeness (QED) is 0.0262. The molecule has 0 aliphatic rings. The number of hydrogen-bond donors (Lipinski definition) is 0. The predicted molar refractivity (Wildman–Crippen MR) is 233 cm³/mol. The van der Waals surface area contributed by atoms with Gasteiger partial charge in [-0.15, -0.1) is 0 Å².